The summed E-state index contributed by atoms with van der Waals surface area (Å²) in [4.78, 5) is 31.0. The van der Waals surface area contributed by atoms with Gasteiger partial charge in [0.15, 0.2) is 0 Å². The lowest BCUT2D eigenvalue weighted by atomic mass is 10.2. The number of fused-ring (bicyclic) bond motifs is 1. The number of aryl methyl sites for hydroxylation is 1. The van der Waals surface area contributed by atoms with Crippen molar-refractivity contribution in [3.8, 4) is 0 Å². The first kappa shape index (κ1) is 16.6. The molecule has 0 unspecified atom stereocenters. The van der Waals surface area contributed by atoms with E-state index < -0.39 is 0 Å². The maximum absolute atomic E-state index is 12.4. The maximum Gasteiger partial charge on any atom is 0.261 e. The first-order valence-electron chi connectivity index (χ1n) is 8.03. The van der Waals surface area contributed by atoms with Crippen molar-refractivity contribution < 1.29 is 9.53 Å². The zero-order valence-corrected chi connectivity index (χ0v) is 13.9. The molecule has 1 aliphatic heterocycles. The number of likely N-dealkylation sites (N-methyl/N-ethyl adjacent to an activating group) is 1. The van der Waals surface area contributed by atoms with Gasteiger partial charge in [0.25, 0.3) is 5.56 Å². The molecule has 0 bridgehead atoms. The number of amides is 1. The average molecular weight is 330 g/mol. The quantitative estimate of drug-likeness (QED) is 0.849. The summed E-state index contributed by atoms with van der Waals surface area (Å²) in [6, 6.07) is 7.19. The van der Waals surface area contributed by atoms with Gasteiger partial charge < -0.3 is 15.0 Å². The molecule has 2 heterocycles. The molecule has 1 saturated heterocycles. The van der Waals surface area contributed by atoms with Crippen LogP contribution in [0.3, 0.4) is 0 Å². The van der Waals surface area contributed by atoms with Crippen LogP contribution >= 0.6 is 0 Å². The Hall–Kier alpha value is -2.25. The van der Waals surface area contributed by atoms with Gasteiger partial charge in [-0.2, -0.15) is 0 Å². The Labute approximate surface area is 140 Å². The molecule has 1 N–H and O–H groups in total. The van der Waals surface area contributed by atoms with Gasteiger partial charge in [0, 0.05) is 33.2 Å². The van der Waals surface area contributed by atoms with Crippen LogP contribution in [0, 0.1) is 0 Å². The van der Waals surface area contributed by atoms with Gasteiger partial charge in [0.1, 0.15) is 0 Å². The molecule has 7 heteroatoms. The standard InChI is InChI=1S/C17H22N4O3/c1-20-9-14(15(10-20)24-2)19-16(22)7-8-21-11-18-13-6-4-3-5-12(13)17(21)23/h3-6,11,14-15H,7-10H2,1-2H3,(H,19,22)/t14-,15-/m1/s1. The molecular weight excluding hydrogens is 308 g/mol. The summed E-state index contributed by atoms with van der Waals surface area (Å²) in [5.41, 5.74) is 0.545. The minimum atomic E-state index is -0.122. The van der Waals surface area contributed by atoms with E-state index in [1.54, 1.807) is 19.2 Å². The number of hydrogen-bond donors (Lipinski definition) is 1. The molecule has 1 amide bonds. The fourth-order valence-corrected chi connectivity index (χ4v) is 3.11. The second-order valence-corrected chi connectivity index (χ2v) is 6.18. The molecule has 1 fully saturated rings. The number of methoxy groups -OCH3 is 1. The zero-order valence-electron chi connectivity index (χ0n) is 13.9. The minimum absolute atomic E-state index is 0.00371. The van der Waals surface area contributed by atoms with E-state index in [4.69, 9.17) is 4.74 Å². The molecule has 0 spiro atoms. The SMILES string of the molecule is CO[C@@H]1CN(C)C[C@H]1NC(=O)CCn1cnc2ccccc2c1=O. The number of aromatic nitrogens is 2. The predicted molar refractivity (Wildman–Crippen MR) is 90.8 cm³/mol. The molecule has 128 valence electrons. The Morgan fingerprint density at radius 1 is 1.38 bits per heavy atom. The van der Waals surface area contributed by atoms with Crippen molar-refractivity contribution in [1.82, 2.24) is 19.8 Å². The average Bonchev–Trinajstić information content (AvgIpc) is 2.94. The summed E-state index contributed by atoms with van der Waals surface area (Å²) in [6.07, 6.45) is 1.74. The third-order valence-electron chi connectivity index (χ3n) is 4.41. The summed E-state index contributed by atoms with van der Waals surface area (Å²) < 4.78 is 6.89. The maximum atomic E-state index is 12.4. The number of nitrogens with one attached hydrogen (secondary N) is 1. The van der Waals surface area contributed by atoms with Crippen molar-refractivity contribution in [2.75, 3.05) is 27.2 Å². The van der Waals surface area contributed by atoms with Crippen LogP contribution in [-0.2, 0) is 16.1 Å². The van der Waals surface area contributed by atoms with E-state index in [2.05, 4.69) is 15.2 Å². The third kappa shape index (κ3) is 3.47. The highest BCUT2D eigenvalue weighted by Crippen LogP contribution is 2.11. The second kappa shape index (κ2) is 7.11. The van der Waals surface area contributed by atoms with Crippen molar-refractivity contribution >= 4 is 16.8 Å². The van der Waals surface area contributed by atoms with E-state index in [1.807, 2.05) is 19.2 Å². The highest BCUT2D eigenvalue weighted by atomic mass is 16.5. The van der Waals surface area contributed by atoms with Gasteiger partial charge in [-0.25, -0.2) is 4.98 Å². The van der Waals surface area contributed by atoms with Crippen LogP contribution in [0.5, 0.6) is 0 Å². The number of likely N-dealkylation sites (tertiary alicyclic amines) is 1. The molecule has 2 atom stereocenters. The van der Waals surface area contributed by atoms with Gasteiger partial charge in [-0.05, 0) is 19.2 Å². The molecule has 7 nitrogen and oxygen atoms in total. The first-order valence-corrected chi connectivity index (χ1v) is 8.03. The fourth-order valence-electron chi connectivity index (χ4n) is 3.11. The van der Waals surface area contributed by atoms with E-state index in [9.17, 15) is 9.59 Å². The van der Waals surface area contributed by atoms with E-state index in [-0.39, 0.29) is 30.0 Å². The summed E-state index contributed by atoms with van der Waals surface area (Å²) in [7, 11) is 3.65. The molecule has 1 aliphatic rings. The number of rotatable bonds is 5. The van der Waals surface area contributed by atoms with Crippen molar-refractivity contribution in [2.45, 2.75) is 25.1 Å². The van der Waals surface area contributed by atoms with Crippen LogP contribution in [0.15, 0.2) is 35.4 Å². The number of carbonyl (C=O) groups is 1. The monoisotopic (exact) mass is 330 g/mol. The highest BCUT2D eigenvalue weighted by Gasteiger charge is 2.31. The van der Waals surface area contributed by atoms with E-state index in [0.29, 0.717) is 17.4 Å². The molecule has 3 rings (SSSR count). The van der Waals surface area contributed by atoms with Gasteiger partial charge in [0.05, 0.1) is 29.4 Å². The topological polar surface area (TPSA) is 76.5 Å². The molecule has 1 aromatic carbocycles. The first-order chi connectivity index (χ1) is 11.6. The number of para-hydroxylation sites is 1. The predicted octanol–water partition coefficient (Wildman–Crippen LogP) is 0.232. The van der Waals surface area contributed by atoms with Crippen molar-refractivity contribution in [3.63, 3.8) is 0 Å². The summed E-state index contributed by atoms with van der Waals surface area (Å²) >= 11 is 0. The second-order valence-electron chi connectivity index (χ2n) is 6.18. The van der Waals surface area contributed by atoms with Gasteiger partial charge in [0.2, 0.25) is 5.91 Å². The van der Waals surface area contributed by atoms with Crippen LogP contribution in [0.4, 0.5) is 0 Å². The Morgan fingerprint density at radius 3 is 2.96 bits per heavy atom. The molecule has 0 saturated carbocycles. The Morgan fingerprint density at radius 2 is 2.17 bits per heavy atom. The smallest absolute Gasteiger partial charge is 0.261 e. The van der Waals surface area contributed by atoms with E-state index in [0.717, 1.165) is 13.1 Å². The molecular formula is C17H22N4O3. The lowest BCUT2D eigenvalue weighted by molar-refractivity contribution is -0.122. The normalized spacial score (nSPS) is 21.2. The van der Waals surface area contributed by atoms with Crippen LogP contribution < -0.4 is 10.9 Å². The fraction of sp³-hybridized carbons (Fsp3) is 0.471. The van der Waals surface area contributed by atoms with Crippen LogP contribution in [0.25, 0.3) is 10.9 Å². The number of benzene rings is 1. The van der Waals surface area contributed by atoms with E-state index >= 15 is 0 Å². The van der Waals surface area contributed by atoms with Gasteiger partial charge >= 0.3 is 0 Å². The minimum Gasteiger partial charge on any atom is -0.378 e. The van der Waals surface area contributed by atoms with Gasteiger partial charge in [-0.1, -0.05) is 12.1 Å². The summed E-state index contributed by atoms with van der Waals surface area (Å²) in [6.45, 7) is 1.87. The molecule has 2 aromatic rings. The number of carbonyl (C=O) groups excluding carboxylic acids is 1. The largest absolute Gasteiger partial charge is 0.378 e. The van der Waals surface area contributed by atoms with E-state index in [1.165, 1.54) is 10.9 Å². The lowest BCUT2D eigenvalue weighted by Gasteiger charge is -2.18. The molecule has 24 heavy (non-hydrogen) atoms. The summed E-state index contributed by atoms with van der Waals surface area (Å²) in [5.74, 6) is -0.0857. The Bertz CT molecular complexity index is 789. The molecule has 0 aliphatic carbocycles. The number of ether oxygens (including phenoxy) is 1. The van der Waals surface area contributed by atoms with Crippen LogP contribution in [-0.4, -0.2) is 59.8 Å². The molecule has 0 radical (unpaired) electrons. The molecule has 1 aromatic heterocycles. The van der Waals surface area contributed by atoms with Gasteiger partial charge in [-0.3, -0.25) is 14.2 Å². The Kier molecular flexibility index (Phi) is 4.92. The van der Waals surface area contributed by atoms with Crippen molar-refractivity contribution in [1.29, 1.82) is 0 Å². The number of nitrogens with zero attached hydrogens (tertiary/aromatic N) is 3. The lowest BCUT2D eigenvalue weighted by Crippen LogP contribution is -2.44. The van der Waals surface area contributed by atoms with Gasteiger partial charge in [-0.15, -0.1) is 0 Å². The highest BCUT2D eigenvalue weighted by molar-refractivity contribution is 5.77. The van der Waals surface area contributed by atoms with Crippen molar-refractivity contribution in [2.24, 2.45) is 0 Å². The Balaban J connectivity index is 1.62. The summed E-state index contributed by atoms with van der Waals surface area (Å²) in [5, 5.41) is 3.56. The number of hydrogen-bond acceptors (Lipinski definition) is 5. The van der Waals surface area contributed by atoms with Crippen LogP contribution in [0.2, 0.25) is 0 Å². The zero-order chi connectivity index (χ0) is 17.1. The third-order valence-corrected chi connectivity index (χ3v) is 4.41. The van der Waals surface area contributed by atoms with Crippen molar-refractivity contribution in [3.05, 3.63) is 40.9 Å². The van der Waals surface area contributed by atoms with Crippen LogP contribution in [0.1, 0.15) is 6.42 Å².